The molecule has 280 valence electrons. The number of hydrogen-bond donors (Lipinski definition) is 3. The van der Waals surface area contributed by atoms with Crippen LogP contribution >= 0.6 is 0 Å². The summed E-state index contributed by atoms with van der Waals surface area (Å²) in [6.45, 7) is 13.3. The van der Waals surface area contributed by atoms with Gasteiger partial charge in [-0.15, -0.1) is 10.2 Å². The summed E-state index contributed by atoms with van der Waals surface area (Å²) in [5.74, 6) is 2.01. The number of pyridine rings is 1. The Kier molecular flexibility index (Phi) is 11.0. The number of piperazine rings is 1. The lowest BCUT2D eigenvalue weighted by molar-refractivity contribution is 0.148. The number of carbonyl (C=O) groups is 1. The van der Waals surface area contributed by atoms with Gasteiger partial charge in [-0.05, 0) is 80.1 Å². The Labute approximate surface area is 313 Å². The van der Waals surface area contributed by atoms with Crippen molar-refractivity contribution < 1.29 is 9.53 Å². The summed E-state index contributed by atoms with van der Waals surface area (Å²) >= 11 is 0. The molecule has 0 spiro atoms. The van der Waals surface area contributed by atoms with E-state index in [1.807, 2.05) is 67.8 Å². The van der Waals surface area contributed by atoms with E-state index in [4.69, 9.17) is 15.5 Å². The summed E-state index contributed by atoms with van der Waals surface area (Å²) in [6, 6.07) is 19.8. The predicted octanol–water partition coefficient (Wildman–Crippen LogP) is 6.34. The van der Waals surface area contributed by atoms with Crippen molar-refractivity contribution in [2.24, 2.45) is 16.1 Å². The van der Waals surface area contributed by atoms with Crippen LogP contribution in [0.4, 0.5) is 16.4 Å². The Balaban J connectivity index is 1.04. The van der Waals surface area contributed by atoms with Crippen molar-refractivity contribution in [3.63, 3.8) is 0 Å². The largest absolute Gasteiger partial charge is 0.484 e. The monoisotopic (exact) mass is 718 g/mol. The SMILES string of the molecule is CN1CCN(Cc2ccc(N=C(C=C(N)C(C)(C)C)NC(=O)N[C@H]3CC[C@@H](Oc4ccc5nnc(N6CCCCC6)n5c4)c4ccccc43)cc2)CC1. The fourth-order valence-electron chi connectivity index (χ4n) is 7.28. The third-order valence-corrected chi connectivity index (χ3v) is 10.6. The lowest BCUT2D eigenvalue weighted by atomic mass is 9.85. The van der Waals surface area contributed by atoms with E-state index in [1.165, 1.54) is 24.8 Å². The molecule has 4 N–H and O–H groups in total. The van der Waals surface area contributed by atoms with Crippen LogP contribution in [0.3, 0.4) is 0 Å². The smallest absolute Gasteiger partial charge is 0.320 e. The molecule has 2 aromatic heterocycles. The predicted molar refractivity (Wildman–Crippen MR) is 211 cm³/mol. The van der Waals surface area contributed by atoms with Gasteiger partial charge in [0.15, 0.2) is 5.65 Å². The minimum atomic E-state index is -0.337. The van der Waals surface area contributed by atoms with E-state index in [0.717, 1.165) is 86.4 Å². The lowest BCUT2D eigenvalue weighted by Gasteiger charge is -2.32. The number of amidine groups is 1. The number of aliphatic imine (C=N–C) groups is 1. The number of nitrogens with one attached hydrogen (secondary N) is 2. The molecule has 0 bridgehead atoms. The van der Waals surface area contributed by atoms with Gasteiger partial charge in [0.05, 0.1) is 17.9 Å². The number of hydrogen-bond acceptors (Lipinski definition) is 9. The molecule has 7 rings (SSSR count). The van der Waals surface area contributed by atoms with E-state index >= 15 is 0 Å². The van der Waals surface area contributed by atoms with Gasteiger partial charge in [-0.2, -0.15) is 0 Å². The Morgan fingerprint density at radius 1 is 0.925 bits per heavy atom. The van der Waals surface area contributed by atoms with Crippen molar-refractivity contribution in [2.45, 2.75) is 71.6 Å². The standard InChI is InChI=1S/C41H54N10O2/c1-41(2,3)36(42)26-37(43-30-14-12-29(13-15-30)27-49-24-22-48(4)23-25-49)45-39(52)44-34-17-18-35(33-11-7-6-10-32(33)34)53-31-16-19-38-46-47-40(51(38)28-31)50-20-8-5-9-21-50/h6-7,10-16,19,26,28,34-35H,5,8-9,17-18,20-25,27,42H2,1-4H3,(H2,43,44,45,52)/t34-,35+/m0/s1. The molecule has 3 aliphatic rings. The zero-order valence-corrected chi connectivity index (χ0v) is 31.6. The number of rotatable bonds is 8. The first-order valence-corrected chi connectivity index (χ1v) is 19.1. The summed E-state index contributed by atoms with van der Waals surface area (Å²) in [5, 5.41) is 15.1. The number of nitrogens with two attached hydrogens (primary N) is 1. The summed E-state index contributed by atoms with van der Waals surface area (Å²) in [5.41, 5.74) is 11.7. The van der Waals surface area contributed by atoms with Crippen molar-refractivity contribution in [1.29, 1.82) is 0 Å². The van der Waals surface area contributed by atoms with Crippen molar-refractivity contribution in [3.8, 4) is 5.75 Å². The average Bonchev–Trinajstić information content (AvgIpc) is 3.58. The molecule has 0 saturated carbocycles. The highest BCUT2D eigenvalue weighted by molar-refractivity contribution is 6.05. The normalized spacial score (nSPS) is 20.6. The zero-order valence-electron chi connectivity index (χ0n) is 31.6. The molecule has 12 nitrogen and oxygen atoms in total. The minimum Gasteiger partial charge on any atom is -0.484 e. The Morgan fingerprint density at radius 3 is 2.40 bits per heavy atom. The van der Waals surface area contributed by atoms with Crippen LogP contribution in [0.25, 0.3) is 5.65 Å². The summed E-state index contributed by atoms with van der Waals surface area (Å²) in [7, 11) is 2.17. The maximum atomic E-state index is 13.7. The summed E-state index contributed by atoms with van der Waals surface area (Å²) < 4.78 is 8.68. The molecule has 4 heterocycles. The molecule has 2 atom stereocenters. The highest BCUT2D eigenvalue weighted by Gasteiger charge is 2.30. The number of anilines is 1. The van der Waals surface area contributed by atoms with Gasteiger partial charge >= 0.3 is 6.03 Å². The fourth-order valence-corrected chi connectivity index (χ4v) is 7.28. The minimum absolute atomic E-state index is 0.162. The molecule has 1 aliphatic carbocycles. The van der Waals surface area contributed by atoms with E-state index in [2.05, 4.69) is 66.8 Å². The number of benzene rings is 2. The van der Waals surface area contributed by atoms with Gasteiger partial charge in [0.1, 0.15) is 17.7 Å². The quantitative estimate of drug-likeness (QED) is 0.142. The molecular formula is C41H54N10O2. The first-order valence-electron chi connectivity index (χ1n) is 19.1. The maximum absolute atomic E-state index is 13.7. The van der Waals surface area contributed by atoms with Crippen LogP contribution in [-0.4, -0.2) is 82.6 Å². The van der Waals surface area contributed by atoms with Gasteiger partial charge in [0.2, 0.25) is 5.95 Å². The topological polar surface area (TPSA) is 129 Å². The van der Waals surface area contributed by atoms with Crippen molar-refractivity contribution in [1.82, 2.24) is 35.0 Å². The maximum Gasteiger partial charge on any atom is 0.320 e. The van der Waals surface area contributed by atoms with Crippen LogP contribution in [0, 0.1) is 5.41 Å². The molecule has 0 unspecified atom stereocenters. The van der Waals surface area contributed by atoms with E-state index in [0.29, 0.717) is 18.0 Å². The number of amides is 2. The average molecular weight is 719 g/mol. The Morgan fingerprint density at radius 2 is 1.66 bits per heavy atom. The van der Waals surface area contributed by atoms with Crippen molar-refractivity contribution in [3.05, 3.63) is 95.3 Å². The third-order valence-electron chi connectivity index (χ3n) is 10.6. The van der Waals surface area contributed by atoms with E-state index in [1.54, 1.807) is 6.08 Å². The number of carbonyl (C=O) groups excluding carboxylic acids is 1. The number of likely N-dealkylation sites (N-methyl/N-ethyl adjacent to an activating group) is 1. The van der Waals surface area contributed by atoms with Gasteiger partial charge in [-0.3, -0.25) is 14.6 Å². The molecule has 2 aromatic carbocycles. The number of allylic oxidation sites excluding steroid dienone is 1. The molecule has 12 heteroatoms. The van der Waals surface area contributed by atoms with Gasteiger partial charge in [0, 0.05) is 63.0 Å². The van der Waals surface area contributed by atoms with Gasteiger partial charge in [-0.25, -0.2) is 9.79 Å². The third kappa shape index (κ3) is 9.00. The van der Waals surface area contributed by atoms with Crippen LogP contribution in [0.1, 0.15) is 81.7 Å². The molecule has 2 fully saturated rings. The fraction of sp³-hybridized carbons (Fsp3) is 0.463. The number of piperidine rings is 1. The number of fused-ring (bicyclic) bond motifs is 2. The summed E-state index contributed by atoms with van der Waals surface area (Å²) in [6.07, 6.45) is 8.63. The van der Waals surface area contributed by atoms with E-state index in [9.17, 15) is 4.79 Å². The van der Waals surface area contributed by atoms with Crippen LogP contribution in [0.15, 0.2) is 83.6 Å². The number of ether oxygens (including phenoxy) is 1. The van der Waals surface area contributed by atoms with Crippen LogP contribution in [0.5, 0.6) is 5.75 Å². The first-order chi connectivity index (χ1) is 25.6. The number of urea groups is 1. The van der Waals surface area contributed by atoms with Crippen LogP contribution < -0.4 is 26.0 Å². The van der Waals surface area contributed by atoms with Crippen molar-refractivity contribution in [2.75, 3.05) is 51.2 Å². The van der Waals surface area contributed by atoms with Crippen LogP contribution in [-0.2, 0) is 6.54 Å². The van der Waals surface area contributed by atoms with Gasteiger partial charge < -0.3 is 25.6 Å². The first kappa shape index (κ1) is 36.4. The highest BCUT2D eigenvalue weighted by atomic mass is 16.5. The van der Waals surface area contributed by atoms with Crippen molar-refractivity contribution >= 4 is 29.1 Å². The molecule has 0 radical (unpaired) electrons. The molecule has 2 aliphatic heterocycles. The molecule has 2 amide bonds. The Bertz CT molecular complexity index is 1930. The van der Waals surface area contributed by atoms with E-state index < -0.39 is 0 Å². The second kappa shape index (κ2) is 16.0. The van der Waals surface area contributed by atoms with E-state index in [-0.39, 0.29) is 23.6 Å². The zero-order chi connectivity index (χ0) is 37.0. The van der Waals surface area contributed by atoms with Crippen LogP contribution in [0.2, 0.25) is 0 Å². The second-order valence-electron chi connectivity index (χ2n) is 15.7. The second-order valence-corrected chi connectivity index (χ2v) is 15.7. The number of nitrogens with zero attached hydrogens (tertiary/aromatic N) is 7. The Hall–Kier alpha value is -4.94. The molecule has 53 heavy (non-hydrogen) atoms. The molecule has 4 aromatic rings. The lowest BCUT2D eigenvalue weighted by Crippen LogP contribution is -2.43. The number of aromatic nitrogens is 3. The molecular weight excluding hydrogens is 665 g/mol. The highest BCUT2D eigenvalue weighted by Crippen LogP contribution is 2.39. The van der Waals surface area contributed by atoms with Gasteiger partial charge in [-0.1, -0.05) is 57.2 Å². The molecule has 2 saturated heterocycles. The summed E-state index contributed by atoms with van der Waals surface area (Å²) in [4.78, 5) is 25.6. The van der Waals surface area contributed by atoms with Gasteiger partial charge in [0.25, 0.3) is 0 Å².